The van der Waals surface area contributed by atoms with Gasteiger partial charge in [-0.1, -0.05) is 19.3 Å². The summed E-state index contributed by atoms with van der Waals surface area (Å²) in [6.07, 6.45) is 10.8. The van der Waals surface area contributed by atoms with Crippen LogP contribution in [0.4, 0.5) is 11.4 Å². The van der Waals surface area contributed by atoms with E-state index in [1.54, 1.807) is 17.0 Å². The molecule has 0 radical (unpaired) electrons. The van der Waals surface area contributed by atoms with Gasteiger partial charge in [0, 0.05) is 43.5 Å². The Hall–Kier alpha value is -2.15. The minimum absolute atomic E-state index is 0.0973. The third kappa shape index (κ3) is 4.71. The zero-order valence-electron chi connectivity index (χ0n) is 17.1. The number of nitrogens with one attached hydrogen (secondary N) is 1. The summed E-state index contributed by atoms with van der Waals surface area (Å²) in [6.45, 7) is 3.55. The fourth-order valence-corrected chi connectivity index (χ4v) is 5.18. The van der Waals surface area contributed by atoms with Crippen LogP contribution in [0.2, 0.25) is 0 Å². The molecule has 1 N–H and O–H groups in total. The van der Waals surface area contributed by atoms with Crippen molar-refractivity contribution in [2.75, 3.05) is 31.5 Å². The molecule has 158 valence electrons. The second kappa shape index (κ2) is 9.11. The van der Waals surface area contributed by atoms with Gasteiger partial charge in [0.25, 0.3) is 11.6 Å². The van der Waals surface area contributed by atoms with Crippen molar-refractivity contribution in [2.45, 2.75) is 69.9 Å². The Bertz CT molecular complexity index is 742. The minimum atomic E-state index is -0.446. The first-order valence-corrected chi connectivity index (χ1v) is 11.2. The third-order valence-corrected chi connectivity index (χ3v) is 6.73. The molecule has 1 atom stereocenters. The van der Waals surface area contributed by atoms with Gasteiger partial charge in [-0.15, -0.1) is 0 Å². The van der Waals surface area contributed by atoms with Crippen LogP contribution in [-0.4, -0.2) is 58.9 Å². The Morgan fingerprint density at radius 1 is 1.00 bits per heavy atom. The summed E-state index contributed by atoms with van der Waals surface area (Å²) >= 11 is 0. The first-order chi connectivity index (χ1) is 14.1. The number of nitro benzene ring substituents is 1. The Balaban J connectivity index is 1.47. The molecule has 7 nitrogen and oxygen atoms in total. The predicted octanol–water partition coefficient (Wildman–Crippen LogP) is 4.04. The standard InChI is InChI=1S/C22H32N4O3/c27-22(24-12-4-5-13-24)20-15-17(10-11-21(20)26(28)29)23-18-7-6-14-25(16-18)19-8-2-1-3-9-19/h10-11,15,18-19,23H,1-9,12-14,16H2. The van der Waals surface area contributed by atoms with E-state index < -0.39 is 4.92 Å². The van der Waals surface area contributed by atoms with Crippen LogP contribution in [0.1, 0.15) is 68.1 Å². The summed E-state index contributed by atoms with van der Waals surface area (Å²) in [5, 5.41) is 15.0. The Morgan fingerprint density at radius 2 is 1.76 bits per heavy atom. The Labute approximate surface area is 172 Å². The normalized spacial score (nSPS) is 23.9. The largest absolute Gasteiger partial charge is 0.381 e. The van der Waals surface area contributed by atoms with E-state index in [1.807, 2.05) is 0 Å². The van der Waals surface area contributed by atoms with Crippen LogP contribution in [0.25, 0.3) is 0 Å². The van der Waals surface area contributed by atoms with E-state index in [0.717, 1.165) is 31.5 Å². The molecular weight excluding hydrogens is 368 g/mol. The molecule has 2 aliphatic heterocycles. The fourth-order valence-electron chi connectivity index (χ4n) is 5.18. The van der Waals surface area contributed by atoms with Crippen molar-refractivity contribution in [1.29, 1.82) is 0 Å². The molecular formula is C22H32N4O3. The SMILES string of the molecule is O=C(c1cc(NC2CCCN(C3CCCCC3)C2)ccc1[N+](=O)[O-])N1CCCC1. The van der Waals surface area contributed by atoms with Crippen LogP contribution < -0.4 is 5.32 Å². The molecule has 3 fully saturated rings. The number of nitro groups is 1. The molecule has 0 spiro atoms. The quantitative estimate of drug-likeness (QED) is 0.596. The highest BCUT2D eigenvalue weighted by Crippen LogP contribution is 2.29. The molecule has 7 heteroatoms. The Morgan fingerprint density at radius 3 is 2.48 bits per heavy atom. The van der Waals surface area contributed by atoms with Crippen LogP contribution in [0.15, 0.2) is 18.2 Å². The third-order valence-electron chi connectivity index (χ3n) is 6.73. The maximum absolute atomic E-state index is 12.9. The highest BCUT2D eigenvalue weighted by Gasteiger charge is 2.29. The maximum atomic E-state index is 12.9. The first kappa shape index (κ1) is 20.1. The lowest BCUT2D eigenvalue weighted by Gasteiger charge is -2.40. The number of carbonyl (C=O) groups excluding carboxylic acids is 1. The van der Waals surface area contributed by atoms with Crippen molar-refractivity contribution in [1.82, 2.24) is 9.80 Å². The molecule has 2 heterocycles. The van der Waals surface area contributed by atoms with Gasteiger partial charge in [-0.25, -0.2) is 0 Å². The van der Waals surface area contributed by atoms with Crippen LogP contribution >= 0.6 is 0 Å². The van der Waals surface area contributed by atoms with Crippen molar-refractivity contribution < 1.29 is 9.72 Å². The zero-order chi connectivity index (χ0) is 20.2. The molecule has 1 aromatic carbocycles. The van der Waals surface area contributed by atoms with E-state index in [0.29, 0.717) is 25.2 Å². The van der Waals surface area contributed by atoms with E-state index in [2.05, 4.69) is 10.2 Å². The molecule has 3 aliphatic rings. The van der Waals surface area contributed by atoms with Crippen molar-refractivity contribution in [3.63, 3.8) is 0 Å². The summed E-state index contributed by atoms with van der Waals surface area (Å²) < 4.78 is 0. The number of hydrogen-bond acceptors (Lipinski definition) is 5. The van der Waals surface area contributed by atoms with Gasteiger partial charge in [-0.05, 0) is 57.2 Å². The number of amides is 1. The predicted molar refractivity (Wildman–Crippen MR) is 113 cm³/mol. The summed E-state index contributed by atoms with van der Waals surface area (Å²) in [5.74, 6) is -0.217. The molecule has 0 bridgehead atoms. The van der Waals surface area contributed by atoms with Crippen LogP contribution in [0, 0.1) is 10.1 Å². The van der Waals surface area contributed by atoms with E-state index in [9.17, 15) is 14.9 Å². The smallest absolute Gasteiger partial charge is 0.282 e. The van der Waals surface area contributed by atoms with Gasteiger partial charge in [-0.3, -0.25) is 19.8 Å². The second-order valence-corrected chi connectivity index (χ2v) is 8.76. The average molecular weight is 401 g/mol. The number of anilines is 1. The molecule has 1 amide bonds. The minimum Gasteiger partial charge on any atom is -0.381 e. The number of rotatable bonds is 5. The molecule has 29 heavy (non-hydrogen) atoms. The molecule has 1 aliphatic carbocycles. The van der Waals surface area contributed by atoms with E-state index in [1.165, 1.54) is 51.1 Å². The molecule has 2 saturated heterocycles. The van der Waals surface area contributed by atoms with Crippen LogP contribution in [0.3, 0.4) is 0 Å². The van der Waals surface area contributed by atoms with Gasteiger partial charge >= 0.3 is 0 Å². The second-order valence-electron chi connectivity index (χ2n) is 8.76. The molecule has 0 aromatic heterocycles. The monoisotopic (exact) mass is 400 g/mol. The molecule has 1 aromatic rings. The first-order valence-electron chi connectivity index (χ1n) is 11.2. The lowest BCUT2D eigenvalue weighted by molar-refractivity contribution is -0.385. The summed E-state index contributed by atoms with van der Waals surface area (Å²) in [7, 11) is 0. The van der Waals surface area contributed by atoms with E-state index in [4.69, 9.17) is 0 Å². The summed E-state index contributed by atoms with van der Waals surface area (Å²) in [5.41, 5.74) is 0.926. The highest BCUT2D eigenvalue weighted by molar-refractivity contribution is 5.99. The lowest BCUT2D eigenvalue weighted by atomic mass is 9.92. The van der Waals surface area contributed by atoms with Gasteiger partial charge < -0.3 is 10.2 Å². The van der Waals surface area contributed by atoms with Gasteiger partial charge in [0.15, 0.2) is 0 Å². The molecule has 4 rings (SSSR count). The number of nitrogens with zero attached hydrogens (tertiary/aromatic N) is 3. The summed E-state index contributed by atoms with van der Waals surface area (Å²) in [4.78, 5) is 28.2. The number of benzene rings is 1. The van der Waals surface area contributed by atoms with Crippen molar-refractivity contribution in [3.8, 4) is 0 Å². The number of carbonyl (C=O) groups is 1. The fraction of sp³-hybridized carbons (Fsp3) is 0.682. The lowest BCUT2D eigenvalue weighted by Crippen LogP contribution is -2.47. The van der Waals surface area contributed by atoms with E-state index >= 15 is 0 Å². The van der Waals surface area contributed by atoms with Gasteiger partial charge in [0.2, 0.25) is 0 Å². The van der Waals surface area contributed by atoms with Crippen molar-refractivity contribution in [2.24, 2.45) is 0 Å². The zero-order valence-corrected chi connectivity index (χ0v) is 17.1. The number of likely N-dealkylation sites (tertiary alicyclic amines) is 2. The van der Waals surface area contributed by atoms with Crippen molar-refractivity contribution in [3.05, 3.63) is 33.9 Å². The summed E-state index contributed by atoms with van der Waals surface area (Å²) in [6, 6.07) is 5.95. The maximum Gasteiger partial charge on any atom is 0.282 e. The van der Waals surface area contributed by atoms with Gasteiger partial charge in [0.1, 0.15) is 5.56 Å². The molecule has 1 unspecified atom stereocenters. The average Bonchev–Trinajstić information content (AvgIpc) is 3.29. The van der Waals surface area contributed by atoms with E-state index in [-0.39, 0.29) is 17.2 Å². The van der Waals surface area contributed by atoms with Crippen LogP contribution in [-0.2, 0) is 0 Å². The number of hydrogen-bond donors (Lipinski definition) is 1. The molecule has 1 saturated carbocycles. The van der Waals surface area contributed by atoms with Crippen LogP contribution in [0.5, 0.6) is 0 Å². The van der Waals surface area contributed by atoms with Gasteiger partial charge in [-0.2, -0.15) is 0 Å². The Kier molecular flexibility index (Phi) is 6.33. The topological polar surface area (TPSA) is 78.7 Å². The number of piperidine rings is 1. The highest BCUT2D eigenvalue weighted by atomic mass is 16.6. The van der Waals surface area contributed by atoms with Gasteiger partial charge in [0.05, 0.1) is 4.92 Å². The van der Waals surface area contributed by atoms with Crippen molar-refractivity contribution >= 4 is 17.3 Å².